The summed E-state index contributed by atoms with van der Waals surface area (Å²) in [5.74, 6) is 0. The first-order valence-corrected chi connectivity index (χ1v) is 3.30. The highest BCUT2D eigenvalue weighted by atomic mass is 35.5. The van der Waals surface area contributed by atoms with Crippen molar-refractivity contribution in [3.8, 4) is 0 Å². The Bertz CT molecular complexity index is 278. The van der Waals surface area contributed by atoms with Gasteiger partial charge in [0.1, 0.15) is 6.20 Å². The van der Waals surface area contributed by atoms with Crippen LogP contribution in [0.3, 0.4) is 0 Å². The van der Waals surface area contributed by atoms with Gasteiger partial charge in [-0.15, -0.1) is 12.4 Å². The Morgan fingerprint density at radius 2 is 2.20 bits per heavy atom. The number of rotatable bonds is 1. The fraction of sp³-hybridized carbons (Fsp3) is 0. The molecule has 0 aromatic carbocycles. The summed E-state index contributed by atoms with van der Waals surface area (Å²) in [5.41, 5.74) is 0. The maximum absolute atomic E-state index is 10.1. The molecule has 1 rings (SSSR count). The Labute approximate surface area is 62.3 Å². The van der Waals surface area contributed by atoms with Crippen LogP contribution in [-0.2, 0) is 10.1 Å². The topological polar surface area (TPSA) is 93.3 Å². The summed E-state index contributed by atoms with van der Waals surface area (Å²) in [6.07, 6.45) is 0.801. The second kappa shape index (κ2) is 2.95. The lowest BCUT2D eigenvalue weighted by atomic mass is 11.0. The minimum absolute atomic E-state index is 0. The third kappa shape index (κ3) is 1.94. The van der Waals surface area contributed by atoms with Crippen molar-refractivity contribution < 1.29 is 17.6 Å². The van der Waals surface area contributed by atoms with Crippen molar-refractivity contribution in [2.45, 2.75) is 5.03 Å². The van der Waals surface area contributed by atoms with E-state index in [9.17, 15) is 8.42 Å². The molecule has 0 bridgehead atoms. The molecule has 0 aliphatic heterocycles. The average Bonchev–Trinajstić information content (AvgIpc) is 2.08. The van der Waals surface area contributed by atoms with Crippen LogP contribution < -0.4 is 0 Å². The van der Waals surface area contributed by atoms with Gasteiger partial charge in [-0.2, -0.15) is 8.42 Å². The first-order chi connectivity index (χ1) is 4.11. The number of hydrogen-bond acceptors (Lipinski definition) is 5. The molecule has 8 heteroatoms. The third-order valence-corrected chi connectivity index (χ3v) is 1.31. The monoisotopic (exact) mass is 186 g/mol. The normalized spacial score (nSPS) is 10.5. The number of hydrogen-bond donors (Lipinski definition) is 1. The SMILES string of the molecule is Cl.O=S(=O)(O)c1cnon1. The molecule has 10 heavy (non-hydrogen) atoms. The lowest BCUT2D eigenvalue weighted by Crippen LogP contribution is -1.96. The molecule has 0 aliphatic rings. The van der Waals surface area contributed by atoms with E-state index >= 15 is 0 Å². The van der Waals surface area contributed by atoms with E-state index in [0.717, 1.165) is 6.20 Å². The highest BCUT2D eigenvalue weighted by Gasteiger charge is 2.12. The zero-order valence-corrected chi connectivity index (χ0v) is 6.09. The van der Waals surface area contributed by atoms with Crippen molar-refractivity contribution in [3.63, 3.8) is 0 Å². The van der Waals surface area contributed by atoms with Crippen molar-refractivity contribution in [2.75, 3.05) is 0 Å². The Hall–Kier alpha value is -0.660. The van der Waals surface area contributed by atoms with Gasteiger partial charge in [0.15, 0.2) is 0 Å². The minimum Gasteiger partial charge on any atom is -0.280 e. The second-order valence-corrected chi connectivity index (χ2v) is 2.59. The fourth-order valence-corrected chi connectivity index (χ4v) is 0.573. The lowest BCUT2D eigenvalue weighted by molar-refractivity contribution is 0.295. The van der Waals surface area contributed by atoms with Crippen LogP contribution in [-0.4, -0.2) is 23.3 Å². The number of aromatic nitrogens is 2. The Morgan fingerprint density at radius 3 is 2.40 bits per heavy atom. The molecule has 0 radical (unpaired) electrons. The van der Waals surface area contributed by atoms with Crippen LogP contribution in [0.4, 0.5) is 0 Å². The van der Waals surface area contributed by atoms with E-state index in [1.54, 1.807) is 0 Å². The van der Waals surface area contributed by atoms with Gasteiger partial charge >= 0.3 is 10.1 Å². The molecule has 1 aromatic rings. The van der Waals surface area contributed by atoms with Gasteiger partial charge in [0.05, 0.1) is 0 Å². The van der Waals surface area contributed by atoms with Crippen molar-refractivity contribution in [1.82, 2.24) is 10.3 Å². The van der Waals surface area contributed by atoms with Crippen molar-refractivity contribution >= 4 is 22.5 Å². The second-order valence-electron chi connectivity index (χ2n) is 1.22. The molecule has 0 amide bonds. The van der Waals surface area contributed by atoms with Crippen molar-refractivity contribution in [3.05, 3.63) is 6.20 Å². The van der Waals surface area contributed by atoms with Crippen LogP contribution >= 0.6 is 12.4 Å². The molecule has 0 spiro atoms. The first kappa shape index (κ1) is 9.34. The Balaban J connectivity index is 0.000000810. The Morgan fingerprint density at radius 1 is 1.60 bits per heavy atom. The van der Waals surface area contributed by atoms with Gasteiger partial charge in [-0.05, 0) is 5.16 Å². The predicted molar refractivity (Wildman–Crippen MR) is 31.4 cm³/mol. The van der Waals surface area contributed by atoms with Crippen LogP contribution in [0.1, 0.15) is 0 Å². The maximum Gasteiger partial charge on any atom is 0.317 e. The first-order valence-electron chi connectivity index (χ1n) is 1.86. The summed E-state index contributed by atoms with van der Waals surface area (Å²) < 4.78 is 32.3. The predicted octanol–water partition coefficient (Wildman–Crippen LogP) is -0.262. The molecule has 1 N–H and O–H groups in total. The van der Waals surface area contributed by atoms with Crippen LogP contribution in [0.15, 0.2) is 15.9 Å². The summed E-state index contributed by atoms with van der Waals surface area (Å²) in [7, 11) is -4.23. The average molecular weight is 187 g/mol. The quantitative estimate of drug-likeness (QED) is 0.608. The van der Waals surface area contributed by atoms with E-state index < -0.39 is 15.1 Å². The summed E-state index contributed by atoms with van der Waals surface area (Å²) in [4.78, 5) is 0. The van der Waals surface area contributed by atoms with E-state index in [1.165, 1.54) is 0 Å². The van der Waals surface area contributed by atoms with E-state index in [2.05, 4.69) is 14.9 Å². The van der Waals surface area contributed by atoms with Crippen LogP contribution in [0.25, 0.3) is 0 Å². The molecular weight excluding hydrogens is 184 g/mol. The molecule has 0 unspecified atom stereocenters. The van der Waals surface area contributed by atoms with Crippen LogP contribution in [0, 0.1) is 0 Å². The van der Waals surface area contributed by atoms with Gasteiger partial charge in [0.2, 0.25) is 5.03 Å². The minimum atomic E-state index is -4.23. The van der Waals surface area contributed by atoms with Crippen molar-refractivity contribution in [1.29, 1.82) is 0 Å². The zero-order chi connectivity index (χ0) is 6.91. The number of halogens is 1. The summed E-state index contributed by atoms with van der Waals surface area (Å²) in [5, 5.41) is 5.25. The van der Waals surface area contributed by atoms with Gasteiger partial charge in [-0.25, -0.2) is 4.63 Å². The van der Waals surface area contributed by atoms with Gasteiger partial charge in [-0.1, -0.05) is 5.16 Å². The van der Waals surface area contributed by atoms with Gasteiger partial charge in [0.25, 0.3) is 0 Å². The zero-order valence-electron chi connectivity index (χ0n) is 4.46. The molecule has 0 aliphatic carbocycles. The fourth-order valence-electron chi connectivity index (χ4n) is 0.270. The lowest BCUT2D eigenvalue weighted by Gasteiger charge is -1.80. The van der Waals surface area contributed by atoms with Gasteiger partial charge in [-0.3, -0.25) is 4.55 Å². The summed E-state index contributed by atoms with van der Waals surface area (Å²) in [6.45, 7) is 0. The largest absolute Gasteiger partial charge is 0.317 e. The number of nitrogens with zero attached hydrogens (tertiary/aromatic N) is 2. The molecule has 0 atom stereocenters. The van der Waals surface area contributed by atoms with E-state index in [0.29, 0.717) is 0 Å². The van der Waals surface area contributed by atoms with E-state index in [1.807, 2.05) is 0 Å². The molecular formula is C2H3ClN2O4S. The van der Waals surface area contributed by atoms with Crippen LogP contribution in [0.5, 0.6) is 0 Å². The van der Waals surface area contributed by atoms with Crippen LogP contribution in [0.2, 0.25) is 0 Å². The Kier molecular flexibility index (Phi) is 2.76. The highest BCUT2D eigenvalue weighted by Crippen LogP contribution is 1.98. The molecule has 1 heterocycles. The van der Waals surface area contributed by atoms with Crippen molar-refractivity contribution in [2.24, 2.45) is 0 Å². The maximum atomic E-state index is 10.1. The smallest absolute Gasteiger partial charge is 0.280 e. The third-order valence-electron chi connectivity index (χ3n) is 0.605. The molecule has 0 saturated carbocycles. The van der Waals surface area contributed by atoms with E-state index in [4.69, 9.17) is 4.55 Å². The molecule has 58 valence electrons. The summed E-state index contributed by atoms with van der Waals surface area (Å²) in [6, 6.07) is 0. The molecule has 1 aromatic heterocycles. The van der Waals surface area contributed by atoms with Gasteiger partial charge < -0.3 is 0 Å². The molecule has 6 nitrogen and oxygen atoms in total. The van der Waals surface area contributed by atoms with Gasteiger partial charge in [0, 0.05) is 0 Å². The van der Waals surface area contributed by atoms with E-state index in [-0.39, 0.29) is 12.4 Å². The summed E-state index contributed by atoms with van der Waals surface area (Å²) >= 11 is 0. The highest BCUT2D eigenvalue weighted by molar-refractivity contribution is 7.85. The molecule has 0 fully saturated rings. The standard InChI is InChI=1S/C2H2N2O4S.ClH/c5-9(6,7)2-1-3-8-4-2;/h1H,(H,5,6,7);1H. The molecule has 0 saturated heterocycles.